The van der Waals surface area contributed by atoms with Gasteiger partial charge in [0, 0.05) is 29.6 Å². The Morgan fingerprint density at radius 2 is 1.21 bits per heavy atom. The third-order valence-electron chi connectivity index (χ3n) is 3.49. The fraction of sp³-hybridized carbons (Fsp3) is 0.895. The van der Waals surface area contributed by atoms with Crippen molar-refractivity contribution in [2.75, 3.05) is 0 Å². The summed E-state index contributed by atoms with van der Waals surface area (Å²) in [7, 11) is 0. The molecule has 0 aliphatic heterocycles. The molecule has 0 spiro atoms. The molecule has 0 rings (SSSR count). The second kappa shape index (κ2) is 17.3. The third-order valence-corrected chi connectivity index (χ3v) is 3.49. The number of hydrogen-bond donors (Lipinski definition) is 2. The number of carboxylic acid groups (broad SMARTS) is 2. The van der Waals surface area contributed by atoms with Gasteiger partial charge in [0.25, 0.3) is 0 Å². The molecule has 4 nitrogen and oxygen atoms in total. The first-order valence-corrected chi connectivity index (χ1v) is 8.98. The first-order chi connectivity index (χ1) is 10.5. The van der Waals surface area contributed by atoms with Crippen LogP contribution in [0.15, 0.2) is 0 Å². The Bertz CT molecular complexity index is 309. The van der Waals surface area contributed by atoms with Gasteiger partial charge >= 0.3 is 11.9 Å². The van der Waals surface area contributed by atoms with Gasteiger partial charge in [0.15, 0.2) is 0 Å². The summed E-state index contributed by atoms with van der Waals surface area (Å²) in [6, 6.07) is 0. The summed E-state index contributed by atoms with van der Waals surface area (Å²) in [6.07, 6.45) is 9.15. The van der Waals surface area contributed by atoms with Crippen molar-refractivity contribution in [3.05, 3.63) is 0 Å². The van der Waals surface area contributed by atoms with Gasteiger partial charge in [0.05, 0.1) is 0 Å². The van der Waals surface area contributed by atoms with Crippen LogP contribution in [0.4, 0.5) is 0 Å². The maximum Gasteiger partial charge on any atom is 0.303 e. The average Bonchev–Trinajstić information content (AvgIpc) is 2.36. The minimum Gasteiger partial charge on any atom is -0.481 e. The van der Waals surface area contributed by atoms with Gasteiger partial charge in [0.1, 0.15) is 0 Å². The SMILES string of the molecule is CC(C)(C)CCCCCC(=O)O.CC(C)CCCCCC(=O)O.[Co]. The Kier molecular flexibility index (Phi) is 20.3. The van der Waals surface area contributed by atoms with Gasteiger partial charge in [-0.05, 0) is 30.6 Å². The van der Waals surface area contributed by atoms with E-state index in [1.807, 2.05) is 0 Å². The minimum atomic E-state index is -0.675. The largest absolute Gasteiger partial charge is 0.481 e. The van der Waals surface area contributed by atoms with Crippen LogP contribution in [-0.4, -0.2) is 22.2 Å². The van der Waals surface area contributed by atoms with Crippen LogP contribution in [0.25, 0.3) is 0 Å². The monoisotopic (exact) mass is 389 g/mol. The molecule has 0 heterocycles. The van der Waals surface area contributed by atoms with Crippen molar-refractivity contribution in [1.82, 2.24) is 0 Å². The summed E-state index contributed by atoms with van der Waals surface area (Å²) >= 11 is 0. The quantitative estimate of drug-likeness (QED) is 0.442. The van der Waals surface area contributed by atoms with Gasteiger partial charge in [0.2, 0.25) is 0 Å². The summed E-state index contributed by atoms with van der Waals surface area (Å²) in [4.78, 5) is 20.3. The van der Waals surface area contributed by atoms with E-state index < -0.39 is 11.9 Å². The van der Waals surface area contributed by atoms with Crippen LogP contribution < -0.4 is 0 Å². The van der Waals surface area contributed by atoms with Gasteiger partial charge in [-0.1, -0.05) is 66.7 Å². The van der Waals surface area contributed by atoms with E-state index in [1.54, 1.807) is 0 Å². The van der Waals surface area contributed by atoms with Crippen molar-refractivity contribution < 1.29 is 36.6 Å². The van der Waals surface area contributed by atoms with E-state index in [4.69, 9.17) is 10.2 Å². The van der Waals surface area contributed by atoms with Gasteiger partial charge in [-0.2, -0.15) is 0 Å². The first-order valence-electron chi connectivity index (χ1n) is 8.98. The summed E-state index contributed by atoms with van der Waals surface area (Å²) < 4.78 is 0. The molecule has 0 aromatic rings. The number of rotatable bonds is 11. The Morgan fingerprint density at radius 3 is 1.54 bits per heavy atom. The summed E-state index contributed by atoms with van der Waals surface area (Å²) in [6.45, 7) is 11.0. The van der Waals surface area contributed by atoms with Crippen molar-refractivity contribution >= 4 is 11.9 Å². The molecule has 0 aromatic heterocycles. The zero-order chi connectivity index (χ0) is 18.3. The molecule has 5 heteroatoms. The van der Waals surface area contributed by atoms with E-state index in [9.17, 15) is 9.59 Å². The molecular formula is C19H38CoO4. The molecule has 147 valence electrons. The van der Waals surface area contributed by atoms with Gasteiger partial charge in [-0.3, -0.25) is 9.59 Å². The van der Waals surface area contributed by atoms with Crippen LogP contribution in [0.3, 0.4) is 0 Å². The molecule has 2 N–H and O–H groups in total. The Labute approximate surface area is 159 Å². The van der Waals surface area contributed by atoms with Crippen molar-refractivity contribution in [2.24, 2.45) is 11.3 Å². The standard InChI is InChI=1S/C10H20O2.C9H18O2.Co/c1-10(2,3)8-6-4-5-7-9(11)12;1-8(2)6-4-3-5-7-9(10)11;/h4-8H2,1-3H3,(H,11,12);8H,3-7H2,1-2H3,(H,10,11);. The topological polar surface area (TPSA) is 74.6 Å². The molecule has 24 heavy (non-hydrogen) atoms. The van der Waals surface area contributed by atoms with Gasteiger partial charge < -0.3 is 10.2 Å². The molecule has 0 unspecified atom stereocenters. The van der Waals surface area contributed by atoms with Crippen molar-refractivity contribution in [2.45, 2.75) is 98.8 Å². The van der Waals surface area contributed by atoms with E-state index in [2.05, 4.69) is 34.6 Å². The average molecular weight is 389 g/mol. The minimum absolute atomic E-state index is 0. The maximum absolute atomic E-state index is 10.2. The fourth-order valence-electron chi connectivity index (χ4n) is 2.11. The third kappa shape index (κ3) is 33.1. The number of aliphatic carboxylic acids is 2. The number of carboxylic acids is 2. The van der Waals surface area contributed by atoms with Gasteiger partial charge in [-0.25, -0.2) is 0 Å². The summed E-state index contributed by atoms with van der Waals surface area (Å²) in [5.41, 5.74) is 0.392. The zero-order valence-corrected chi connectivity index (χ0v) is 17.2. The number of hydrogen-bond acceptors (Lipinski definition) is 2. The molecule has 0 aliphatic carbocycles. The van der Waals surface area contributed by atoms with Crippen LogP contribution in [0.5, 0.6) is 0 Å². The van der Waals surface area contributed by atoms with E-state index in [0.29, 0.717) is 18.3 Å². The normalized spacial score (nSPS) is 10.6. The smallest absolute Gasteiger partial charge is 0.303 e. The van der Waals surface area contributed by atoms with Crippen LogP contribution in [0, 0.1) is 11.3 Å². The van der Waals surface area contributed by atoms with Crippen LogP contribution in [0.2, 0.25) is 0 Å². The number of unbranched alkanes of at least 4 members (excludes halogenated alkanes) is 4. The van der Waals surface area contributed by atoms with Crippen LogP contribution in [-0.2, 0) is 26.4 Å². The van der Waals surface area contributed by atoms with Crippen molar-refractivity contribution in [3.8, 4) is 0 Å². The van der Waals surface area contributed by atoms with Crippen LogP contribution in [0.1, 0.15) is 98.8 Å². The Hall–Kier alpha value is -0.554. The second-order valence-corrected chi connectivity index (χ2v) is 7.90. The van der Waals surface area contributed by atoms with Crippen molar-refractivity contribution in [3.63, 3.8) is 0 Å². The second-order valence-electron chi connectivity index (χ2n) is 7.90. The molecule has 0 atom stereocenters. The Balaban J connectivity index is -0.000000354. The fourth-order valence-corrected chi connectivity index (χ4v) is 2.11. The molecular weight excluding hydrogens is 351 g/mol. The van der Waals surface area contributed by atoms with Crippen LogP contribution >= 0.6 is 0 Å². The summed E-state index contributed by atoms with van der Waals surface area (Å²) in [5, 5.41) is 16.7. The summed E-state index contributed by atoms with van der Waals surface area (Å²) in [5.74, 6) is -0.597. The Morgan fingerprint density at radius 1 is 0.792 bits per heavy atom. The molecule has 0 aliphatic rings. The molecule has 0 saturated carbocycles. The predicted octanol–water partition coefficient (Wildman–Crippen LogP) is 5.74. The van der Waals surface area contributed by atoms with E-state index >= 15 is 0 Å². The molecule has 0 aromatic carbocycles. The molecule has 0 fully saturated rings. The van der Waals surface area contributed by atoms with E-state index in [1.165, 1.54) is 19.3 Å². The van der Waals surface area contributed by atoms with E-state index in [0.717, 1.165) is 38.0 Å². The molecule has 1 radical (unpaired) electrons. The molecule has 0 saturated heterocycles. The predicted molar refractivity (Wildman–Crippen MR) is 95.7 cm³/mol. The van der Waals surface area contributed by atoms with E-state index in [-0.39, 0.29) is 16.8 Å². The maximum atomic E-state index is 10.2. The van der Waals surface area contributed by atoms with Gasteiger partial charge in [-0.15, -0.1) is 0 Å². The molecule has 0 amide bonds. The zero-order valence-electron chi connectivity index (χ0n) is 16.2. The first kappa shape index (κ1) is 28.3. The van der Waals surface area contributed by atoms with Crippen molar-refractivity contribution in [1.29, 1.82) is 0 Å². The number of carbonyl (C=O) groups is 2. The molecule has 0 bridgehead atoms.